The highest BCUT2D eigenvalue weighted by Gasteiger charge is 2.18. The molecule has 0 atom stereocenters. The van der Waals surface area contributed by atoms with Crippen molar-refractivity contribution in [1.29, 1.82) is 0 Å². The van der Waals surface area contributed by atoms with E-state index in [-0.39, 0.29) is 6.79 Å². The molecule has 1 aliphatic rings. The van der Waals surface area contributed by atoms with Crippen LogP contribution >= 0.6 is 0 Å². The Morgan fingerprint density at radius 1 is 1.04 bits per heavy atom. The van der Waals surface area contributed by atoms with Crippen LogP contribution in [0.5, 0.6) is 17.2 Å². The second kappa shape index (κ2) is 6.91. The molecule has 0 unspecified atom stereocenters. The number of rotatable bonds is 4. The van der Waals surface area contributed by atoms with Crippen LogP contribution in [0.3, 0.4) is 0 Å². The van der Waals surface area contributed by atoms with Crippen LogP contribution in [0, 0.1) is 0 Å². The van der Waals surface area contributed by atoms with Crippen molar-refractivity contribution in [2.75, 3.05) is 24.0 Å². The standard InChI is InChI=1S/C17H16N2O5/c1-2-22-13-6-4-3-5-12(13)19-17(21)16(20)18-11-7-8-14-15(9-11)24-10-23-14/h3-9H,2,10H2,1H3,(H,18,20)(H,19,21). The summed E-state index contributed by atoms with van der Waals surface area (Å²) in [6.07, 6.45) is 0. The lowest BCUT2D eigenvalue weighted by Crippen LogP contribution is -2.29. The summed E-state index contributed by atoms with van der Waals surface area (Å²) < 4.78 is 15.8. The zero-order valence-electron chi connectivity index (χ0n) is 13.0. The molecular weight excluding hydrogens is 312 g/mol. The first-order valence-electron chi connectivity index (χ1n) is 7.41. The lowest BCUT2D eigenvalue weighted by molar-refractivity contribution is -0.133. The first-order chi connectivity index (χ1) is 11.7. The molecule has 7 heteroatoms. The zero-order valence-corrected chi connectivity index (χ0v) is 13.0. The van der Waals surface area contributed by atoms with Gasteiger partial charge in [0.1, 0.15) is 5.75 Å². The van der Waals surface area contributed by atoms with Crippen molar-refractivity contribution in [2.45, 2.75) is 6.92 Å². The van der Waals surface area contributed by atoms with Gasteiger partial charge in [0.05, 0.1) is 12.3 Å². The quantitative estimate of drug-likeness (QED) is 0.842. The summed E-state index contributed by atoms with van der Waals surface area (Å²) in [4.78, 5) is 24.1. The Labute approximate surface area is 138 Å². The maximum Gasteiger partial charge on any atom is 0.314 e. The summed E-state index contributed by atoms with van der Waals surface area (Å²) in [5, 5.41) is 5.05. The van der Waals surface area contributed by atoms with Crippen molar-refractivity contribution in [3.05, 3.63) is 42.5 Å². The molecule has 2 amide bonds. The molecule has 24 heavy (non-hydrogen) atoms. The molecule has 1 heterocycles. The van der Waals surface area contributed by atoms with Gasteiger partial charge in [-0.2, -0.15) is 0 Å². The number of para-hydroxylation sites is 2. The maximum absolute atomic E-state index is 12.1. The Hall–Kier alpha value is -3.22. The largest absolute Gasteiger partial charge is 0.492 e. The number of nitrogens with one attached hydrogen (secondary N) is 2. The molecule has 0 saturated carbocycles. The van der Waals surface area contributed by atoms with E-state index in [9.17, 15) is 9.59 Å². The van der Waals surface area contributed by atoms with Crippen LogP contribution in [-0.2, 0) is 9.59 Å². The van der Waals surface area contributed by atoms with Crippen molar-refractivity contribution in [3.8, 4) is 17.2 Å². The van der Waals surface area contributed by atoms with Gasteiger partial charge in [-0.1, -0.05) is 12.1 Å². The van der Waals surface area contributed by atoms with E-state index in [1.807, 2.05) is 6.92 Å². The first kappa shape index (κ1) is 15.7. The molecule has 0 radical (unpaired) electrons. The van der Waals surface area contributed by atoms with Crippen molar-refractivity contribution < 1.29 is 23.8 Å². The van der Waals surface area contributed by atoms with Gasteiger partial charge < -0.3 is 24.8 Å². The van der Waals surface area contributed by atoms with Crippen molar-refractivity contribution >= 4 is 23.2 Å². The minimum Gasteiger partial charge on any atom is -0.492 e. The third kappa shape index (κ3) is 3.40. The van der Waals surface area contributed by atoms with Crippen LogP contribution in [0.1, 0.15) is 6.92 Å². The molecule has 0 saturated heterocycles. The fourth-order valence-electron chi connectivity index (χ4n) is 2.19. The number of benzene rings is 2. The second-order valence-corrected chi connectivity index (χ2v) is 4.91. The van der Waals surface area contributed by atoms with Crippen LogP contribution in [-0.4, -0.2) is 25.2 Å². The third-order valence-electron chi connectivity index (χ3n) is 3.27. The fourth-order valence-corrected chi connectivity index (χ4v) is 2.19. The summed E-state index contributed by atoms with van der Waals surface area (Å²) in [5.74, 6) is 0.0437. The van der Waals surface area contributed by atoms with Crippen LogP contribution < -0.4 is 24.8 Å². The number of amides is 2. The van der Waals surface area contributed by atoms with E-state index < -0.39 is 11.8 Å². The second-order valence-electron chi connectivity index (χ2n) is 4.91. The van der Waals surface area contributed by atoms with Crippen molar-refractivity contribution in [2.24, 2.45) is 0 Å². The first-order valence-corrected chi connectivity index (χ1v) is 7.41. The van der Waals surface area contributed by atoms with Gasteiger partial charge in [0.15, 0.2) is 11.5 Å². The molecule has 2 N–H and O–H groups in total. The molecule has 0 spiro atoms. The Morgan fingerprint density at radius 3 is 2.62 bits per heavy atom. The summed E-state index contributed by atoms with van der Waals surface area (Å²) in [5.41, 5.74) is 0.877. The number of hydrogen-bond donors (Lipinski definition) is 2. The van der Waals surface area contributed by atoms with Crippen molar-refractivity contribution in [1.82, 2.24) is 0 Å². The Balaban J connectivity index is 1.66. The van der Waals surface area contributed by atoms with Crippen LogP contribution in [0.2, 0.25) is 0 Å². The topological polar surface area (TPSA) is 85.9 Å². The Morgan fingerprint density at radius 2 is 1.79 bits per heavy atom. The van der Waals surface area contributed by atoms with E-state index in [1.54, 1.807) is 42.5 Å². The predicted molar refractivity (Wildman–Crippen MR) is 87.4 cm³/mol. The van der Waals surface area contributed by atoms with E-state index in [0.29, 0.717) is 35.2 Å². The van der Waals surface area contributed by atoms with Crippen LogP contribution in [0.15, 0.2) is 42.5 Å². The number of carbonyl (C=O) groups excluding carboxylic acids is 2. The summed E-state index contributed by atoms with van der Waals surface area (Å²) in [7, 11) is 0. The molecule has 0 fully saturated rings. The Bertz CT molecular complexity index is 775. The van der Waals surface area contributed by atoms with E-state index in [1.165, 1.54) is 0 Å². The normalized spacial score (nSPS) is 11.7. The predicted octanol–water partition coefficient (Wildman–Crippen LogP) is 2.39. The highest BCUT2D eigenvalue weighted by atomic mass is 16.7. The minimum absolute atomic E-state index is 0.140. The van der Waals surface area contributed by atoms with Gasteiger partial charge in [0.25, 0.3) is 0 Å². The SMILES string of the molecule is CCOc1ccccc1NC(=O)C(=O)Nc1ccc2c(c1)OCO2. The smallest absolute Gasteiger partial charge is 0.314 e. The summed E-state index contributed by atoms with van der Waals surface area (Å²) in [6.45, 7) is 2.43. The molecule has 2 aromatic carbocycles. The van der Waals surface area contributed by atoms with Gasteiger partial charge >= 0.3 is 11.8 Å². The summed E-state index contributed by atoms with van der Waals surface area (Å²) in [6, 6.07) is 11.8. The fraction of sp³-hybridized carbons (Fsp3) is 0.176. The zero-order chi connectivity index (χ0) is 16.9. The van der Waals surface area contributed by atoms with Gasteiger partial charge in [0, 0.05) is 11.8 Å². The molecule has 0 aromatic heterocycles. The lowest BCUT2D eigenvalue weighted by Gasteiger charge is -2.11. The molecule has 3 rings (SSSR count). The highest BCUT2D eigenvalue weighted by Crippen LogP contribution is 2.34. The Kier molecular flexibility index (Phi) is 4.51. The van der Waals surface area contributed by atoms with Crippen LogP contribution in [0.4, 0.5) is 11.4 Å². The molecule has 0 bridgehead atoms. The number of carbonyl (C=O) groups is 2. The van der Waals surface area contributed by atoms with Gasteiger partial charge in [-0.15, -0.1) is 0 Å². The van der Waals surface area contributed by atoms with Crippen molar-refractivity contribution in [3.63, 3.8) is 0 Å². The molecule has 7 nitrogen and oxygen atoms in total. The van der Waals surface area contributed by atoms with Gasteiger partial charge in [-0.3, -0.25) is 9.59 Å². The van der Waals surface area contributed by atoms with Gasteiger partial charge in [-0.25, -0.2) is 0 Å². The number of hydrogen-bond acceptors (Lipinski definition) is 5. The van der Waals surface area contributed by atoms with Gasteiger partial charge in [0.2, 0.25) is 6.79 Å². The average Bonchev–Trinajstić information content (AvgIpc) is 3.04. The third-order valence-corrected chi connectivity index (χ3v) is 3.27. The monoisotopic (exact) mass is 328 g/mol. The molecule has 124 valence electrons. The minimum atomic E-state index is -0.792. The highest BCUT2D eigenvalue weighted by molar-refractivity contribution is 6.43. The molecular formula is C17H16N2O5. The summed E-state index contributed by atoms with van der Waals surface area (Å²) >= 11 is 0. The van der Waals surface area contributed by atoms with E-state index in [2.05, 4.69) is 10.6 Å². The van der Waals surface area contributed by atoms with Crippen LogP contribution in [0.25, 0.3) is 0 Å². The maximum atomic E-state index is 12.1. The van der Waals surface area contributed by atoms with Gasteiger partial charge in [-0.05, 0) is 31.2 Å². The molecule has 0 aliphatic carbocycles. The lowest BCUT2D eigenvalue weighted by atomic mass is 10.2. The van der Waals surface area contributed by atoms with E-state index in [4.69, 9.17) is 14.2 Å². The molecule has 1 aliphatic heterocycles. The number of fused-ring (bicyclic) bond motifs is 1. The van der Waals surface area contributed by atoms with E-state index >= 15 is 0 Å². The number of ether oxygens (including phenoxy) is 3. The average molecular weight is 328 g/mol. The number of anilines is 2. The van der Waals surface area contributed by atoms with E-state index in [0.717, 1.165) is 0 Å². The molecule has 2 aromatic rings.